The zero-order valence-electron chi connectivity index (χ0n) is 13.1. The van der Waals surface area contributed by atoms with E-state index in [1.54, 1.807) is 6.07 Å². The van der Waals surface area contributed by atoms with Gasteiger partial charge in [-0.3, -0.25) is 14.4 Å². The Labute approximate surface area is 145 Å². The molecule has 1 aromatic carbocycles. The Hall–Kier alpha value is -2.18. The SMILES string of the molecule is Cl.O=C1c2ccc(C3=CCNC3)cc2CN1N1C(=O)CCCC1=O. The van der Waals surface area contributed by atoms with E-state index in [1.165, 1.54) is 10.6 Å². The lowest BCUT2D eigenvalue weighted by Crippen LogP contribution is -2.51. The lowest BCUT2D eigenvalue weighted by molar-refractivity contribution is -0.163. The van der Waals surface area contributed by atoms with Crippen molar-refractivity contribution in [3.05, 3.63) is 41.0 Å². The van der Waals surface area contributed by atoms with Gasteiger partial charge in [0.05, 0.1) is 6.54 Å². The molecular weight excluding hydrogens is 330 g/mol. The summed E-state index contributed by atoms with van der Waals surface area (Å²) in [7, 11) is 0. The van der Waals surface area contributed by atoms with E-state index in [1.807, 2.05) is 12.1 Å². The predicted octanol–water partition coefficient (Wildman–Crippen LogP) is 1.50. The maximum absolute atomic E-state index is 12.6. The lowest BCUT2D eigenvalue weighted by Gasteiger charge is -2.32. The van der Waals surface area contributed by atoms with Gasteiger partial charge in [-0.15, -0.1) is 12.4 Å². The van der Waals surface area contributed by atoms with E-state index in [2.05, 4.69) is 11.4 Å². The standard InChI is InChI=1S/C17H17N3O3.ClH/c21-15-2-1-3-16(22)20(15)19-10-13-8-11(12-6-7-18-9-12)4-5-14(13)17(19)23;/h4-6,8,18H,1-3,7,9-10H2;1H. The minimum absolute atomic E-state index is 0. The van der Waals surface area contributed by atoms with Gasteiger partial charge in [0.1, 0.15) is 0 Å². The molecular formula is C17H18ClN3O3. The van der Waals surface area contributed by atoms with Crippen molar-refractivity contribution in [2.24, 2.45) is 0 Å². The second-order valence-corrected chi connectivity index (χ2v) is 6.05. The van der Waals surface area contributed by atoms with Gasteiger partial charge in [0.2, 0.25) is 11.8 Å². The number of amides is 3. The number of benzene rings is 1. The molecule has 3 aliphatic rings. The highest BCUT2D eigenvalue weighted by Gasteiger charge is 2.39. The minimum Gasteiger partial charge on any atom is -0.309 e. The number of nitrogens with zero attached hydrogens (tertiary/aromatic N) is 2. The fraction of sp³-hybridized carbons (Fsp3) is 0.353. The third kappa shape index (κ3) is 2.61. The Bertz CT molecular complexity index is 743. The van der Waals surface area contributed by atoms with Crippen molar-refractivity contribution < 1.29 is 14.4 Å². The van der Waals surface area contributed by atoms with Crippen molar-refractivity contribution in [1.29, 1.82) is 0 Å². The van der Waals surface area contributed by atoms with Crippen LogP contribution in [0.5, 0.6) is 0 Å². The number of carbonyl (C=O) groups is 3. The summed E-state index contributed by atoms with van der Waals surface area (Å²) in [5.41, 5.74) is 3.74. The highest BCUT2D eigenvalue weighted by atomic mass is 35.5. The van der Waals surface area contributed by atoms with Gasteiger partial charge in [-0.05, 0) is 35.3 Å². The van der Waals surface area contributed by atoms with Gasteiger partial charge in [0.25, 0.3) is 5.91 Å². The first kappa shape index (κ1) is 16.7. The van der Waals surface area contributed by atoms with E-state index in [0.29, 0.717) is 24.8 Å². The number of piperidine rings is 1. The van der Waals surface area contributed by atoms with Crippen LogP contribution in [-0.4, -0.2) is 40.8 Å². The first-order chi connectivity index (χ1) is 11.1. The molecule has 0 spiro atoms. The Morgan fingerprint density at radius 3 is 2.46 bits per heavy atom. The molecule has 0 bridgehead atoms. The van der Waals surface area contributed by atoms with Crippen molar-refractivity contribution >= 4 is 35.7 Å². The first-order valence-electron chi connectivity index (χ1n) is 7.86. The molecule has 4 rings (SSSR count). The lowest BCUT2D eigenvalue weighted by atomic mass is 10.0. The molecule has 0 aliphatic carbocycles. The normalized spacial score (nSPS) is 20.2. The molecule has 1 saturated heterocycles. The number of hydrogen-bond donors (Lipinski definition) is 1. The smallest absolute Gasteiger partial charge is 0.273 e. The van der Waals surface area contributed by atoms with E-state index in [4.69, 9.17) is 0 Å². The van der Waals surface area contributed by atoms with E-state index in [-0.39, 0.29) is 36.7 Å². The Morgan fingerprint density at radius 1 is 1.04 bits per heavy atom. The summed E-state index contributed by atoms with van der Waals surface area (Å²) in [4.78, 5) is 36.7. The van der Waals surface area contributed by atoms with Crippen molar-refractivity contribution in [2.45, 2.75) is 25.8 Å². The zero-order valence-corrected chi connectivity index (χ0v) is 13.9. The first-order valence-corrected chi connectivity index (χ1v) is 7.86. The fourth-order valence-electron chi connectivity index (χ4n) is 3.37. The number of hydrazine groups is 1. The number of fused-ring (bicyclic) bond motifs is 1. The Morgan fingerprint density at radius 2 is 1.79 bits per heavy atom. The van der Waals surface area contributed by atoms with Crippen LogP contribution < -0.4 is 5.32 Å². The Balaban J connectivity index is 0.00000169. The number of carbonyl (C=O) groups excluding carboxylic acids is 3. The summed E-state index contributed by atoms with van der Waals surface area (Å²) < 4.78 is 0. The van der Waals surface area contributed by atoms with Crippen LogP contribution in [0, 0.1) is 0 Å². The molecule has 0 aromatic heterocycles. The minimum atomic E-state index is -0.287. The molecule has 1 fully saturated rings. The predicted molar refractivity (Wildman–Crippen MR) is 90.1 cm³/mol. The van der Waals surface area contributed by atoms with Crippen LogP contribution in [0.3, 0.4) is 0 Å². The third-order valence-electron chi connectivity index (χ3n) is 4.56. The number of hydrogen-bond acceptors (Lipinski definition) is 4. The third-order valence-corrected chi connectivity index (χ3v) is 4.56. The van der Waals surface area contributed by atoms with E-state index in [0.717, 1.165) is 29.2 Å². The molecule has 0 unspecified atom stereocenters. The molecule has 126 valence electrons. The quantitative estimate of drug-likeness (QED) is 0.823. The average molecular weight is 348 g/mol. The molecule has 7 heteroatoms. The van der Waals surface area contributed by atoms with Crippen LogP contribution in [0.15, 0.2) is 24.3 Å². The maximum Gasteiger partial charge on any atom is 0.273 e. The number of imide groups is 1. The van der Waals surface area contributed by atoms with Crippen LogP contribution in [0.2, 0.25) is 0 Å². The average Bonchev–Trinajstić information content (AvgIpc) is 3.16. The number of halogens is 1. The van der Waals surface area contributed by atoms with Gasteiger partial charge < -0.3 is 5.32 Å². The van der Waals surface area contributed by atoms with Crippen LogP contribution in [-0.2, 0) is 16.1 Å². The molecule has 1 aromatic rings. The molecule has 24 heavy (non-hydrogen) atoms. The topological polar surface area (TPSA) is 69.7 Å². The van der Waals surface area contributed by atoms with Gasteiger partial charge in [-0.2, -0.15) is 5.01 Å². The van der Waals surface area contributed by atoms with Gasteiger partial charge in [-0.1, -0.05) is 12.1 Å². The summed E-state index contributed by atoms with van der Waals surface area (Å²) in [5, 5.41) is 5.59. The number of nitrogens with one attached hydrogen (secondary N) is 1. The second-order valence-electron chi connectivity index (χ2n) is 6.05. The van der Waals surface area contributed by atoms with Gasteiger partial charge in [0, 0.05) is 31.5 Å². The maximum atomic E-state index is 12.6. The van der Waals surface area contributed by atoms with Crippen molar-refractivity contribution in [3.63, 3.8) is 0 Å². The number of rotatable bonds is 2. The fourth-order valence-corrected chi connectivity index (χ4v) is 3.37. The summed E-state index contributed by atoms with van der Waals surface area (Å²) in [6.07, 6.45) is 3.33. The molecule has 0 atom stereocenters. The van der Waals surface area contributed by atoms with Gasteiger partial charge >= 0.3 is 0 Å². The van der Waals surface area contributed by atoms with Crippen LogP contribution in [0.1, 0.15) is 40.7 Å². The summed E-state index contributed by atoms with van der Waals surface area (Å²) in [6.45, 7) is 1.95. The van der Waals surface area contributed by atoms with Crippen molar-refractivity contribution in [2.75, 3.05) is 13.1 Å². The molecule has 3 aliphatic heterocycles. The van der Waals surface area contributed by atoms with Crippen LogP contribution >= 0.6 is 12.4 Å². The summed E-state index contributed by atoms with van der Waals surface area (Å²) in [5.74, 6) is -0.843. The highest BCUT2D eigenvalue weighted by molar-refractivity contribution is 6.04. The molecule has 0 radical (unpaired) electrons. The summed E-state index contributed by atoms with van der Waals surface area (Å²) >= 11 is 0. The molecule has 3 amide bonds. The second kappa shape index (κ2) is 6.37. The van der Waals surface area contributed by atoms with E-state index < -0.39 is 0 Å². The van der Waals surface area contributed by atoms with Gasteiger partial charge in [-0.25, -0.2) is 5.01 Å². The van der Waals surface area contributed by atoms with Crippen LogP contribution in [0.25, 0.3) is 5.57 Å². The van der Waals surface area contributed by atoms with E-state index in [9.17, 15) is 14.4 Å². The Kier molecular flexibility index (Phi) is 4.43. The summed E-state index contributed by atoms with van der Waals surface area (Å²) in [6, 6.07) is 5.72. The molecule has 6 nitrogen and oxygen atoms in total. The van der Waals surface area contributed by atoms with Gasteiger partial charge in [0.15, 0.2) is 0 Å². The molecule has 3 heterocycles. The highest BCUT2D eigenvalue weighted by Crippen LogP contribution is 2.29. The van der Waals surface area contributed by atoms with E-state index >= 15 is 0 Å². The zero-order chi connectivity index (χ0) is 16.0. The van der Waals surface area contributed by atoms with Crippen molar-refractivity contribution in [3.8, 4) is 0 Å². The molecule has 0 saturated carbocycles. The van der Waals surface area contributed by atoms with Crippen LogP contribution in [0.4, 0.5) is 0 Å². The monoisotopic (exact) mass is 347 g/mol. The van der Waals surface area contributed by atoms with Crippen molar-refractivity contribution in [1.82, 2.24) is 15.3 Å². The molecule has 1 N–H and O–H groups in total. The largest absolute Gasteiger partial charge is 0.309 e.